The number of halogens is 2. The Morgan fingerprint density at radius 1 is 1.12 bits per heavy atom. The molecular weight excluding hydrogens is 371 g/mol. The zero-order valence-corrected chi connectivity index (χ0v) is 16.0. The number of nitrogens with one attached hydrogen (secondary N) is 1. The van der Waals surface area contributed by atoms with Crippen LogP contribution in [-0.2, 0) is 6.42 Å². The molecule has 26 heavy (non-hydrogen) atoms. The molecule has 0 aliphatic heterocycles. The van der Waals surface area contributed by atoms with Crippen LogP contribution in [0.25, 0.3) is 5.82 Å². The predicted octanol–water partition coefficient (Wildman–Crippen LogP) is 4.16. The Kier molecular flexibility index (Phi) is 5.59. The van der Waals surface area contributed by atoms with E-state index in [4.69, 9.17) is 23.2 Å². The molecule has 0 fully saturated rings. The van der Waals surface area contributed by atoms with Crippen molar-refractivity contribution in [3.63, 3.8) is 0 Å². The molecule has 0 spiro atoms. The first-order valence-corrected chi connectivity index (χ1v) is 8.92. The summed E-state index contributed by atoms with van der Waals surface area (Å²) in [4.78, 5) is 16.9. The van der Waals surface area contributed by atoms with Crippen LogP contribution in [0.1, 0.15) is 27.4 Å². The van der Waals surface area contributed by atoms with Crippen LogP contribution in [0.3, 0.4) is 0 Å². The molecular formula is C19H18Cl2N4O. The number of hydrogen-bond acceptors (Lipinski definition) is 3. The molecule has 0 radical (unpaired) electrons. The van der Waals surface area contributed by atoms with E-state index in [2.05, 4.69) is 15.4 Å². The number of pyridine rings is 1. The molecule has 0 saturated carbocycles. The fourth-order valence-electron chi connectivity index (χ4n) is 2.63. The lowest BCUT2D eigenvalue weighted by Crippen LogP contribution is -2.27. The highest BCUT2D eigenvalue weighted by atomic mass is 35.5. The van der Waals surface area contributed by atoms with Crippen molar-refractivity contribution < 1.29 is 4.79 Å². The van der Waals surface area contributed by atoms with E-state index in [9.17, 15) is 4.79 Å². The maximum absolute atomic E-state index is 12.5. The molecule has 3 aromatic rings. The van der Waals surface area contributed by atoms with Gasteiger partial charge in [-0.1, -0.05) is 35.3 Å². The van der Waals surface area contributed by atoms with Gasteiger partial charge < -0.3 is 5.32 Å². The average Bonchev–Trinajstić information content (AvgIpc) is 2.95. The van der Waals surface area contributed by atoms with Crippen LogP contribution in [0, 0.1) is 13.8 Å². The van der Waals surface area contributed by atoms with Crippen LogP contribution in [0.2, 0.25) is 10.0 Å². The summed E-state index contributed by atoms with van der Waals surface area (Å²) in [5.74, 6) is 0.246. The zero-order chi connectivity index (χ0) is 18.7. The number of nitrogens with zero attached hydrogens (tertiary/aromatic N) is 3. The van der Waals surface area contributed by atoms with Gasteiger partial charge in [-0.15, -0.1) is 0 Å². The monoisotopic (exact) mass is 388 g/mol. The zero-order valence-electron chi connectivity index (χ0n) is 14.5. The second-order valence-electron chi connectivity index (χ2n) is 5.97. The van der Waals surface area contributed by atoms with Crippen molar-refractivity contribution >= 4 is 29.1 Å². The quantitative estimate of drug-likeness (QED) is 0.713. The fourth-order valence-corrected chi connectivity index (χ4v) is 2.94. The number of benzene rings is 1. The Morgan fingerprint density at radius 3 is 2.50 bits per heavy atom. The number of rotatable bonds is 5. The smallest absolute Gasteiger partial charge is 0.271 e. The summed E-state index contributed by atoms with van der Waals surface area (Å²) in [6, 6.07) is 12.9. The molecule has 3 rings (SSSR count). The summed E-state index contributed by atoms with van der Waals surface area (Å²) in [5.41, 5.74) is 3.10. The molecule has 0 saturated heterocycles. The maximum atomic E-state index is 12.5. The second kappa shape index (κ2) is 7.89. The molecule has 2 heterocycles. The van der Waals surface area contributed by atoms with E-state index < -0.39 is 0 Å². The van der Waals surface area contributed by atoms with E-state index in [0.29, 0.717) is 28.8 Å². The van der Waals surface area contributed by atoms with Crippen molar-refractivity contribution in [1.82, 2.24) is 20.1 Å². The first-order valence-electron chi connectivity index (χ1n) is 8.17. The van der Waals surface area contributed by atoms with Crippen LogP contribution in [-0.4, -0.2) is 27.2 Å². The van der Waals surface area contributed by atoms with Crippen molar-refractivity contribution in [3.05, 3.63) is 75.2 Å². The van der Waals surface area contributed by atoms with Gasteiger partial charge in [0.2, 0.25) is 0 Å². The molecule has 1 amide bonds. The lowest BCUT2D eigenvalue weighted by atomic mass is 10.1. The number of amides is 1. The first kappa shape index (κ1) is 18.4. The number of aryl methyl sites for hydroxylation is 2. The highest BCUT2D eigenvalue weighted by molar-refractivity contribution is 6.33. The number of carbonyl (C=O) groups excluding carboxylic acids is 1. The molecule has 1 aromatic carbocycles. The third-order valence-electron chi connectivity index (χ3n) is 3.89. The van der Waals surface area contributed by atoms with Crippen molar-refractivity contribution in [2.75, 3.05) is 6.54 Å². The molecule has 0 aliphatic rings. The van der Waals surface area contributed by atoms with Gasteiger partial charge in [-0.25, -0.2) is 9.67 Å². The summed E-state index contributed by atoms with van der Waals surface area (Å²) >= 11 is 12.0. The van der Waals surface area contributed by atoms with Gasteiger partial charge >= 0.3 is 0 Å². The number of hydrogen-bond donors (Lipinski definition) is 1. The molecule has 2 aromatic heterocycles. The Hall–Kier alpha value is -2.37. The molecule has 5 nitrogen and oxygen atoms in total. The standard InChI is InChI=1S/C19H18Cl2N4O/c1-12-11-13(2)25(24-12)17-8-7-16(21)18(23-17)19(26)22-10-9-14-3-5-15(20)6-4-14/h3-8,11H,9-10H2,1-2H3,(H,22,26). The lowest BCUT2D eigenvalue weighted by molar-refractivity contribution is 0.0949. The van der Waals surface area contributed by atoms with Crippen molar-refractivity contribution in [3.8, 4) is 5.82 Å². The van der Waals surface area contributed by atoms with Gasteiger partial charge in [-0.2, -0.15) is 5.10 Å². The summed E-state index contributed by atoms with van der Waals surface area (Å²) in [7, 11) is 0. The van der Waals surface area contributed by atoms with E-state index >= 15 is 0 Å². The third kappa shape index (κ3) is 4.23. The second-order valence-corrected chi connectivity index (χ2v) is 6.81. The summed E-state index contributed by atoms with van der Waals surface area (Å²) in [5, 5.41) is 8.24. The lowest BCUT2D eigenvalue weighted by Gasteiger charge is -2.09. The van der Waals surface area contributed by atoms with Crippen molar-refractivity contribution in [1.29, 1.82) is 0 Å². The SMILES string of the molecule is Cc1cc(C)n(-c2ccc(Cl)c(C(=O)NCCc3ccc(Cl)cc3)n2)n1. The van der Waals surface area contributed by atoms with Crippen LogP contribution in [0.5, 0.6) is 0 Å². The fraction of sp³-hybridized carbons (Fsp3) is 0.211. The van der Waals surface area contributed by atoms with Gasteiger partial charge in [0, 0.05) is 17.3 Å². The number of carbonyl (C=O) groups is 1. The molecule has 134 valence electrons. The normalized spacial score (nSPS) is 10.8. The molecule has 0 unspecified atom stereocenters. The minimum atomic E-state index is -0.313. The predicted molar refractivity (Wildman–Crippen MR) is 103 cm³/mol. The Labute approximate surface area is 162 Å². The molecule has 1 N–H and O–H groups in total. The summed E-state index contributed by atoms with van der Waals surface area (Å²) in [6.07, 6.45) is 0.692. The molecule has 0 bridgehead atoms. The summed E-state index contributed by atoms with van der Waals surface area (Å²) < 4.78 is 1.69. The van der Waals surface area contributed by atoms with E-state index in [1.807, 2.05) is 44.2 Å². The number of aromatic nitrogens is 3. The Bertz CT molecular complexity index is 935. The summed E-state index contributed by atoms with van der Waals surface area (Å²) in [6.45, 7) is 4.31. The van der Waals surface area contributed by atoms with E-state index in [-0.39, 0.29) is 11.6 Å². The Balaban J connectivity index is 1.71. The van der Waals surface area contributed by atoms with E-state index in [0.717, 1.165) is 17.0 Å². The van der Waals surface area contributed by atoms with Gasteiger partial charge in [-0.05, 0) is 56.2 Å². The van der Waals surface area contributed by atoms with Crippen LogP contribution in [0.15, 0.2) is 42.5 Å². The van der Waals surface area contributed by atoms with Crippen LogP contribution in [0.4, 0.5) is 0 Å². The van der Waals surface area contributed by atoms with Gasteiger partial charge in [0.05, 0.1) is 10.7 Å². The highest BCUT2D eigenvalue weighted by Crippen LogP contribution is 2.18. The highest BCUT2D eigenvalue weighted by Gasteiger charge is 2.15. The topological polar surface area (TPSA) is 59.8 Å². The largest absolute Gasteiger partial charge is 0.350 e. The van der Waals surface area contributed by atoms with Crippen molar-refractivity contribution in [2.45, 2.75) is 20.3 Å². The van der Waals surface area contributed by atoms with Gasteiger partial charge in [0.15, 0.2) is 5.82 Å². The molecule has 0 atom stereocenters. The molecule has 0 aliphatic carbocycles. The average molecular weight is 389 g/mol. The van der Waals surface area contributed by atoms with Crippen molar-refractivity contribution in [2.24, 2.45) is 0 Å². The minimum absolute atomic E-state index is 0.188. The van der Waals surface area contributed by atoms with Crippen LogP contribution < -0.4 is 5.32 Å². The third-order valence-corrected chi connectivity index (χ3v) is 4.44. The van der Waals surface area contributed by atoms with E-state index in [1.54, 1.807) is 16.8 Å². The van der Waals surface area contributed by atoms with Gasteiger partial charge in [-0.3, -0.25) is 4.79 Å². The van der Waals surface area contributed by atoms with Gasteiger partial charge in [0.1, 0.15) is 5.69 Å². The van der Waals surface area contributed by atoms with E-state index in [1.165, 1.54) is 0 Å². The van der Waals surface area contributed by atoms with Crippen LogP contribution >= 0.6 is 23.2 Å². The molecule has 7 heteroatoms. The maximum Gasteiger partial charge on any atom is 0.271 e. The van der Waals surface area contributed by atoms with Gasteiger partial charge in [0.25, 0.3) is 5.91 Å². The minimum Gasteiger partial charge on any atom is -0.350 e. The first-order chi connectivity index (χ1) is 12.4. The Morgan fingerprint density at radius 2 is 1.85 bits per heavy atom.